The molecule has 0 radical (unpaired) electrons. The maximum atomic E-state index is 9.14. The Labute approximate surface area is 87.5 Å². The average Bonchev–Trinajstić information content (AvgIpc) is 2.30. The number of aliphatic hydroxyl groups is 1. The van der Waals surface area contributed by atoms with Crippen molar-refractivity contribution in [1.82, 2.24) is 0 Å². The fourth-order valence-electron chi connectivity index (χ4n) is 1.91. The Bertz CT molecular complexity index is 246. The largest absolute Gasteiger partial charge is 0.393 e. The summed E-state index contributed by atoms with van der Waals surface area (Å²) < 4.78 is 0. The van der Waals surface area contributed by atoms with Crippen molar-refractivity contribution < 1.29 is 5.11 Å². The summed E-state index contributed by atoms with van der Waals surface area (Å²) in [5, 5.41) is 9.14. The van der Waals surface area contributed by atoms with Gasteiger partial charge in [-0.05, 0) is 38.0 Å². The molecular formula is C13H22O. The first kappa shape index (κ1) is 11.5. The minimum absolute atomic E-state index is 0.218. The van der Waals surface area contributed by atoms with Gasteiger partial charge in [0.2, 0.25) is 0 Å². The smallest absolute Gasteiger partial charge is 0.0546 e. The minimum Gasteiger partial charge on any atom is -0.393 e. The normalized spacial score (nSPS) is 28.1. The van der Waals surface area contributed by atoms with E-state index in [-0.39, 0.29) is 6.10 Å². The van der Waals surface area contributed by atoms with E-state index in [0.717, 1.165) is 12.8 Å². The first-order chi connectivity index (χ1) is 6.44. The molecule has 80 valence electrons. The van der Waals surface area contributed by atoms with Gasteiger partial charge in [-0.25, -0.2) is 0 Å². The molecule has 1 heteroatoms. The van der Waals surface area contributed by atoms with E-state index >= 15 is 0 Å². The summed E-state index contributed by atoms with van der Waals surface area (Å²) in [5.74, 6) is 0.612. The van der Waals surface area contributed by atoms with Gasteiger partial charge >= 0.3 is 0 Å². The van der Waals surface area contributed by atoms with Gasteiger partial charge in [0.25, 0.3) is 0 Å². The summed E-state index contributed by atoms with van der Waals surface area (Å²) in [7, 11) is 0. The van der Waals surface area contributed by atoms with Crippen LogP contribution in [0.2, 0.25) is 0 Å². The summed E-state index contributed by atoms with van der Waals surface area (Å²) >= 11 is 0. The van der Waals surface area contributed by atoms with Crippen molar-refractivity contribution in [2.24, 2.45) is 11.3 Å². The van der Waals surface area contributed by atoms with Crippen LogP contribution in [-0.4, -0.2) is 11.2 Å². The number of hydrogen-bond acceptors (Lipinski definition) is 1. The van der Waals surface area contributed by atoms with Crippen molar-refractivity contribution in [3.63, 3.8) is 0 Å². The third kappa shape index (κ3) is 2.48. The molecule has 0 aliphatic heterocycles. The van der Waals surface area contributed by atoms with Gasteiger partial charge in [-0.2, -0.15) is 0 Å². The lowest BCUT2D eigenvalue weighted by Crippen LogP contribution is -2.18. The molecule has 2 unspecified atom stereocenters. The Balaban J connectivity index is 2.53. The van der Waals surface area contributed by atoms with Crippen LogP contribution in [0.3, 0.4) is 0 Å². The van der Waals surface area contributed by atoms with Crippen molar-refractivity contribution in [3.8, 4) is 0 Å². The van der Waals surface area contributed by atoms with Crippen LogP contribution in [0.5, 0.6) is 0 Å². The number of allylic oxidation sites excluding steroid dienone is 3. The van der Waals surface area contributed by atoms with E-state index in [9.17, 15) is 0 Å². The molecule has 14 heavy (non-hydrogen) atoms. The third-order valence-corrected chi connectivity index (χ3v) is 3.47. The first-order valence-electron chi connectivity index (χ1n) is 5.46. The van der Waals surface area contributed by atoms with Gasteiger partial charge in [-0.3, -0.25) is 0 Å². The van der Waals surface area contributed by atoms with Gasteiger partial charge < -0.3 is 5.11 Å². The van der Waals surface area contributed by atoms with Crippen LogP contribution in [0.1, 0.15) is 40.5 Å². The predicted molar refractivity (Wildman–Crippen MR) is 61.1 cm³/mol. The molecule has 1 aliphatic rings. The molecule has 0 aromatic rings. The maximum Gasteiger partial charge on any atom is 0.0546 e. The fraction of sp³-hybridized carbons (Fsp3) is 0.692. The summed E-state index contributed by atoms with van der Waals surface area (Å²) in [6.45, 7) is 8.63. The maximum absolute atomic E-state index is 9.14. The Morgan fingerprint density at radius 3 is 2.71 bits per heavy atom. The van der Waals surface area contributed by atoms with Crippen molar-refractivity contribution in [2.75, 3.05) is 0 Å². The molecule has 0 bridgehead atoms. The average molecular weight is 194 g/mol. The van der Waals surface area contributed by atoms with Gasteiger partial charge in [0.15, 0.2) is 0 Å². The van der Waals surface area contributed by atoms with E-state index in [1.165, 1.54) is 5.57 Å². The fourth-order valence-corrected chi connectivity index (χ4v) is 1.91. The van der Waals surface area contributed by atoms with Crippen LogP contribution in [0.4, 0.5) is 0 Å². The monoisotopic (exact) mass is 194 g/mol. The predicted octanol–water partition coefficient (Wildman–Crippen LogP) is 3.31. The van der Waals surface area contributed by atoms with Crippen molar-refractivity contribution >= 4 is 0 Å². The topological polar surface area (TPSA) is 20.2 Å². The minimum atomic E-state index is -0.218. The lowest BCUT2D eigenvalue weighted by Gasteiger charge is -2.27. The van der Waals surface area contributed by atoms with E-state index in [4.69, 9.17) is 5.11 Å². The molecule has 0 amide bonds. The molecule has 1 nitrogen and oxygen atoms in total. The van der Waals surface area contributed by atoms with Crippen LogP contribution in [0.25, 0.3) is 0 Å². The van der Waals surface area contributed by atoms with Gasteiger partial charge in [0, 0.05) is 0 Å². The molecule has 2 atom stereocenters. The standard InChI is InChI=1S/C13H22O/c1-10-8-9-12(13(10,3)4)7-5-6-11(2)14/h5,7-8,11-12,14H,6,9H2,1-4H3/b7-5+. The quantitative estimate of drug-likeness (QED) is 0.683. The molecule has 0 aromatic heterocycles. The van der Waals surface area contributed by atoms with Gasteiger partial charge in [-0.1, -0.05) is 37.6 Å². The van der Waals surface area contributed by atoms with E-state index in [2.05, 4.69) is 39.0 Å². The second kappa shape index (κ2) is 4.31. The van der Waals surface area contributed by atoms with E-state index in [1.54, 1.807) is 0 Å². The number of hydrogen-bond donors (Lipinski definition) is 1. The van der Waals surface area contributed by atoms with Crippen molar-refractivity contribution in [3.05, 3.63) is 23.8 Å². The molecular weight excluding hydrogens is 172 g/mol. The van der Waals surface area contributed by atoms with Gasteiger partial charge in [-0.15, -0.1) is 0 Å². The van der Waals surface area contributed by atoms with Crippen molar-refractivity contribution in [1.29, 1.82) is 0 Å². The molecule has 0 heterocycles. The summed E-state index contributed by atoms with van der Waals surface area (Å²) in [6.07, 6.45) is 8.41. The van der Waals surface area contributed by atoms with Crippen LogP contribution >= 0.6 is 0 Å². The van der Waals surface area contributed by atoms with Crippen LogP contribution in [0.15, 0.2) is 23.8 Å². The lowest BCUT2D eigenvalue weighted by atomic mass is 9.77. The molecule has 1 aliphatic carbocycles. The zero-order chi connectivity index (χ0) is 10.8. The Hall–Kier alpha value is -0.560. The van der Waals surface area contributed by atoms with Crippen LogP contribution in [-0.2, 0) is 0 Å². The van der Waals surface area contributed by atoms with Crippen molar-refractivity contribution in [2.45, 2.75) is 46.6 Å². The highest BCUT2D eigenvalue weighted by atomic mass is 16.3. The molecule has 0 fully saturated rings. The Kier molecular flexibility index (Phi) is 3.54. The van der Waals surface area contributed by atoms with E-state index in [1.807, 2.05) is 6.92 Å². The molecule has 1 rings (SSSR count). The highest BCUT2D eigenvalue weighted by Gasteiger charge is 2.32. The molecule has 1 N–H and O–H groups in total. The Morgan fingerprint density at radius 1 is 1.64 bits per heavy atom. The summed E-state index contributed by atoms with van der Waals surface area (Å²) in [4.78, 5) is 0. The second-order valence-electron chi connectivity index (χ2n) is 4.96. The molecule has 0 spiro atoms. The zero-order valence-electron chi connectivity index (χ0n) is 9.75. The zero-order valence-corrected chi connectivity index (χ0v) is 9.75. The molecule has 0 saturated carbocycles. The summed E-state index contributed by atoms with van der Waals surface area (Å²) in [6, 6.07) is 0. The highest BCUT2D eigenvalue weighted by Crippen LogP contribution is 2.43. The number of aliphatic hydroxyl groups excluding tert-OH is 1. The lowest BCUT2D eigenvalue weighted by molar-refractivity contribution is 0.198. The Morgan fingerprint density at radius 2 is 2.29 bits per heavy atom. The summed E-state index contributed by atoms with van der Waals surface area (Å²) in [5.41, 5.74) is 1.79. The SMILES string of the molecule is CC1=CCC(/C=C/CC(C)O)C1(C)C. The van der Waals surface area contributed by atoms with Crippen LogP contribution in [0, 0.1) is 11.3 Å². The number of rotatable bonds is 3. The highest BCUT2D eigenvalue weighted by molar-refractivity contribution is 5.21. The first-order valence-corrected chi connectivity index (χ1v) is 5.46. The van der Waals surface area contributed by atoms with Gasteiger partial charge in [0.1, 0.15) is 0 Å². The van der Waals surface area contributed by atoms with E-state index < -0.39 is 0 Å². The molecule has 0 saturated heterocycles. The second-order valence-corrected chi connectivity index (χ2v) is 4.96. The van der Waals surface area contributed by atoms with Crippen LogP contribution < -0.4 is 0 Å². The molecule has 0 aromatic carbocycles. The third-order valence-electron chi connectivity index (χ3n) is 3.47. The van der Waals surface area contributed by atoms with E-state index in [0.29, 0.717) is 11.3 Å². The van der Waals surface area contributed by atoms with Gasteiger partial charge in [0.05, 0.1) is 6.10 Å².